The van der Waals surface area contributed by atoms with Crippen LogP contribution >= 0.6 is 11.8 Å². The van der Waals surface area contributed by atoms with Crippen LogP contribution in [0.2, 0.25) is 0 Å². The van der Waals surface area contributed by atoms with Gasteiger partial charge in [0.15, 0.2) is 0 Å². The Morgan fingerprint density at radius 3 is 2.33 bits per heavy atom. The number of rotatable bonds is 6. The molecular formula is C24H20FN3OS. The summed E-state index contributed by atoms with van der Waals surface area (Å²) in [6.45, 7) is 0.228. The van der Waals surface area contributed by atoms with Crippen LogP contribution in [0.25, 0.3) is 22.0 Å². The quantitative estimate of drug-likeness (QED) is 0.405. The van der Waals surface area contributed by atoms with Crippen LogP contribution in [-0.2, 0) is 11.3 Å². The second kappa shape index (κ2) is 9.05. The lowest BCUT2D eigenvalue weighted by Crippen LogP contribution is -2.28. The van der Waals surface area contributed by atoms with Gasteiger partial charge in [-0.2, -0.15) is 0 Å². The van der Waals surface area contributed by atoms with E-state index in [4.69, 9.17) is 0 Å². The third-order valence-corrected chi connectivity index (χ3v) is 5.79. The van der Waals surface area contributed by atoms with Gasteiger partial charge in [-0.25, -0.2) is 4.39 Å². The highest BCUT2D eigenvalue weighted by atomic mass is 32.2. The van der Waals surface area contributed by atoms with E-state index in [1.54, 1.807) is 25.2 Å². The van der Waals surface area contributed by atoms with Gasteiger partial charge in [0.1, 0.15) is 16.5 Å². The van der Waals surface area contributed by atoms with Crippen molar-refractivity contribution in [3.05, 3.63) is 90.2 Å². The molecule has 0 spiro atoms. The van der Waals surface area contributed by atoms with Crippen LogP contribution in [0.5, 0.6) is 0 Å². The fourth-order valence-corrected chi connectivity index (χ4v) is 4.12. The first kappa shape index (κ1) is 20.0. The molecule has 6 heteroatoms. The summed E-state index contributed by atoms with van der Waals surface area (Å²) in [7, 11) is 1.68. The van der Waals surface area contributed by atoms with Crippen molar-refractivity contribution >= 4 is 28.4 Å². The number of aromatic nitrogens is 2. The van der Waals surface area contributed by atoms with Crippen molar-refractivity contribution in [1.29, 1.82) is 0 Å². The molecule has 3 aromatic carbocycles. The minimum absolute atomic E-state index is 0.0960. The van der Waals surface area contributed by atoms with E-state index < -0.39 is 0 Å². The van der Waals surface area contributed by atoms with Crippen molar-refractivity contribution < 1.29 is 9.18 Å². The predicted molar refractivity (Wildman–Crippen MR) is 119 cm³/mol. The molecular weight excluding hydrogens is 397 g/mol. The zero-order valence-corrected chi connectivity index (χ0v) is 17.3. The first-order valence-electron chi connectivity index (χ1n) is 9.54. The Morgan fingerprint density at radius 2 is 1.57 bits per heavy atom. The topological polar surface area (TPSA) is 46.1 Å². The largest absolute Gasteiger partial charge is 0.341 e. The maximum Gasteiger partial charge on any atom is 0.233 e. The molecule has 0 saturated carbocycles. The summed E-state index contributed by atoms with van der Waals surface area (Å²) in [5.74, 6) is -0.201. The predicted octanol–water partition coefficient (Wildman–Crippen LogP) is 5.19. The molecule has 0 unspecified atom stereocenters. The molecule has 1 aromatic heterocycles. The van der Waals surface area contributed by atoms with Gasteiger partial charge in [0, 0.05) is 35.5 Å². The number of fused-ring (bicyclic) bond motifs is 1. The average Bonchev–Trinajstić information content (AvgIpc) is 2.79. The van der Waals surface area contributed by atoms with E-state index in [0.29, 0.717) is 10.6 Å². The standard InChI is InChI=1S/C24H20FN3OS/c1-28(15-18-11-5-8-14-21(18)25)22(29)16-30-24-20-13-7-6-12-19(20)23(26-27-24)17-9-3-2-4-10-17/h2-14H,15-16H2,1H3. The second-order valence-corrected chi connectivity index (χ2v) is 7.86. The van der Waals surface area contributed by atoms with E-state index in [0.717, 1.165) is 22.0 Å². The Bertz CT molecular complexity index is 1180. The highest BCUT2D eigenvalue weighted by molar-refractivity contribution is 8.00. The van der Waals surface area contributed by atoms with Gasteiger partial charge in [-0.05, 0) is 6.07 Å². The molecule has 0 atom stereocenters. The Hall–Kier alpha value is -3.25. The molecule has 0 fully saturated rings. The van der Waals surface area contributed by atoms with Crippen LogP contribution in [0.3, 0.4) is 0 Å². The molecule has 0 N–H and O–H groups in total. The highest BCUT2D eigenvalue weighted by Gasteiger charge is 2.15. The molecule has 0 bridgehead atoms. The first-order valence-corrected chi connectivity index (χ1v) is 10.5. The van der Waals surface area contributed by atoms with Crippen molar-refractivity contribution in [2.24, 2.45) is 0 Å². The van der Waals surface area contributed by atoms with E-state index in [1.165, 1.54) is 22.7 Å². The van der Waals surface area contributed by atoms with Gasteiger partial charge in [0.25, 0.3) is 0 Å². The van der Waals surface area contributed by atoms with E-state index >= 15 is 0 Å². The lowest BCUT2D eigenvalue weighted by molar-refractivity contribution is -0.127. The minimum Gasteiger partial charge on any atom is -0.341 e. The minimum atomic E-state index is -0.307. The van der Waals surface area contributed by atoms with Crippen LogP contribution in [0, 0.1) is 5.82 Å². The number of carbonyl (C=O) groups excluding carboxylic acids is 1. The van der Waals surface area contributed by atoms with Crippen LogP contribution < -0.4 is 0 Å². The van der Waals surface area contributed by atoms with Gasteiger partial charge in [-0.1, -0.05) is 84.6 Å². The fourth-order valence-electron chi connectivity index (χ4n) is 3.21. The number of amides is 1. The zero-order chi connectivity index (χ0) is 20.9. The van der Waals surface area contributed by atoms with Gasteiger partial charge in [-0.3, -0.25) is 4.79 Å². The van der Waals surface area contributed by atoms with Gasteiger partial charge in [0.05, 0.1) is 5.75 Å². The molecule has 4 aromatic rings. The number of halogens is 1. The summed E-state index contributed by atoms with van der Waals surface area (Å²) in [5, 5.41) is 11.5. The number of hydrogen-bond acceptors (Lipinski definition) is 4. The lowest BCUT2D eigenvalue weighted by Gasteiger charge is -2.17. The molecule has 0 saturated heterocycles. The maximum absolute atomic E-state index is 13.9. The highest BCUT2D eigenvalue weighted by Crippen LogP contribution is 2.31. The van der Waals surface area contributed by atoms with Crippen LogP contribution in [0.1, 0.15) is 5.56 Å². The van der Waals surface area contributed by atoms with E-state index in [1.807, 2.05) is 54.6 Å². The number of thioether (sulfide) groups is 1. The summed E-state index contributed by atoms with van der Waals surface area (Å²) in [4.78, 5) is 14.1. The summed E-state index contributed by atoms with van der Waals surface area (Å²) in [6.07, 6.45) is 0. The van der Waals surface area contributed by atoms with E-state index in [-0.39, 0.29) is 24.0 Å². The molecule has 0 radical (unpaired) electrons. The SMILES string of the molecule is CN(Cc1ccccc1F)C(=O)CSc1nnc(-c2ccccc2)c2ccccc12. The molecule has 0 aliphatic carbocycles. The van der Waals surface area contributed by atoms with Crippen molar-refractivity contribution in [3.8, 4) is 11.3 Å². The molecule has 1 amide bonds. The third kappa shape index (κ3) is 4.33. The smallest absolute Gasteiger partial charge is 0.233 e. The van der Waals surface area contributed by atoms with Gasteiger partial charge in [-0.15, -0.1) is 10.2 Å². The molecule has 150 valence electrons. The van der Waals surface area contributed by atoms with Gasteiger partial charge < -0.3 is 4.90 Å². The lowest BCUT2D eigenvalue weighted by atomic mass is 10.1. The fraction of sp³-hybridized carbons (Fsp3) is 0.125. The summed E-state index contributed by atoms with van der Waals surface area (Å²) in [5.41, 5.74) is 2.31. The summed E-state index contributed by atoms with van der Waals surface area (Å²) >= 11 is 1.35. The molecule has 1 heterocycles. The Morgan fingerprint density at radius 1 is 0.900 bits per heavy atom. The third-order valence-electron chi connectivity index (χ3n) is 4.82. The normalized spacial score (nSPS) is 10.9. The number of benzene rings is 3. The Balaban J connectivity index is 1.52. The summed E-state index contributed by atoms with van der Waals surface area (Å²) < 4.78 is 13.9. The number of nitrogens with zero attached hydrogens (tertiary/aromatic N) is 3. The Labute approximate surface area is 178 Å². The van der Waals surface area contributed by atoms with Crippen LogP contribution in [0.15, 0.2) is 83.9 Å². The van der Waals surface area contributed by atoms with E-state index in [9.17, 15) is 9.18 Å². The number of hydrogen-bond donors (Lipinski definition) is 0. The summed E-state index contributed by atoms with van der Waals surface area (Å²) in [6, 6.07) is 24.3. The monoisotopic (exact) mass is 417 g/mol. The van der Waals surface area contributed by atoms with E-state index in [2.05, 4.69) is 10.2 Å². The second-order valence-electron chi connectivity index (χ2n) is 6.90. The van der Waals surface area contributed by atoms with Crippen molar-refractivity contribution in [3.63, 3.8) is 0 Å². The zero-order valence-electron chi connectivity index (χ0n) is 16.5. The van der Waals surface area contributed by atoms with Crippen molar-refractivity contribution in [2.75, 3.05) is 12.8 Å². The Kier molecular flexibility index (Phi) is 6.05. The maximum atomic E-state index is 13.9. The van der Waals surface area contributed by atoms with Crippen LogP contribution in [-0.4, -0.2) is 33.8 Å². The van der Waals surface area contributed by atoms with Crippen molar-refractivity contribution in [1.82, 2.24) is 15.1 Å². The van der Waals surface area contributed by atoms with Gasteiger partial charge in [0.2, 0.25) is 5.91 Å². The molecule has 30 heavy (non-hydrogen) atoms. The number of carbonyl (C=O) groups is 1. The van der Waals surface area contributed by atoms with Crippen molar-refractivity contribution in [2.45, 2.75) is 11.6 Å². The molecule has 0 aliphatic rings. The van der Waals surface area contributed by atoms with Crippen LogP contribution in [0.4, 0.5) is 4.39 Å². The molecule has 0 aliphatic heterocycles. The average molecular weight is 418 g/mol. The molecule has 4 rings (SSSR count). The van der Waals surface area contributed by atoms with Gasteiger partial charge >= 0.3 is 0 Å². The molecule has 4 nitrogen and oxygen atoms in total. The first-order chi connectivity index (χ1) is 14.6.